The molecule has 3 aliphatic rings. The van der Waals surface area contributed by atoms with Crippen LogP contribution >= 0.6 is 0 Å². The molecule has 2 atom stereocenters. The second-order valence-electron chi connectivity index (χ2n) is 6.75. The van der Waals surface area contributed by atoms with Gasteiger partial charge in [0.25, 0.3) is 5.91 Å². The SMILES string of the molecule is O=C(C1CCCO1)N1CCc2nc(C3CCCNC3)ncc2C1. The summed E-state index contributed by atoms with van der Waals surface area (Å²) in [5.74, 6) is 1.53. The average Bonchev–Trinajstić information content (AvgIpc) is 3.15. The molecule has 1 aromatic heterocycles. The third-order valence-corrected chi connectivity index (χ3v) is 5.13. The monoisotopic (exact) mass is 316 g/mol. The molecule has 3 aliphatic heterocycles. The summed E-state index contributed by atoms with van der Waals surface area (Å²) in [5.41, 5.74) is 2.21. The van der Waals surface area contributed by atoms with Crippen molar-refractivity contribution in [2.75, 3.05) is 26.2 Å². The minimum Gasteiger partial charge on any atom is -0.368 e. The highest BCUT2D eigenvalue weighted by Gasteiger charge is 2.31. The zero-order valence-corrected chi connectivity index (χ0v) is 13.5. The first-order valence-corrected chi connectivity index (χ1v) is 8.77. The van der Waals surface area contributed by atoms with E-state index in [-0.39, 0.29) is 12.0 Å². The largest absolute Gasteiger partial charge is 0.368 e. The van der Waals surface area contributed by atoms with Crippen LogP contribution in [0, 0.1) is 0 Å². The lowest BCUT2D eigenvalue weighted by atomic mass is 9.98. The van der Waals surface area contributed by atoms with E-state index < -0.39 is 0 Å². The number of amides is 1. The number of hydrogen-bond acceptors (Lipinski definition) is 5. The quantitative estimate of drug-likeness (QED) is 0.882. The molecule has 4 heterocycles. The lowest BCUT2D eigenvalue weighted by Crippen LogP contribution is -2.42. The summed E-state index contributed by atoms with van der Waals surface area (Å²) >= 11 is 0. The molecule has 1 N–H and O–H groups in total. The number of carbonyl (C=O) groups excluding carboxylic acids is 1. The van der Waals surface area contributed by atoms with Gasteiger partial charge < -0.3 is 15.0 Å². The molecule has 0 aromatic carbocycles. The predicted molar refractivity (Wildman–Crippen MR) is 85.0 cm³/mol. The molecule has 124 valence electrons. The van der Waals surface area contributed by atoms with Crippen molar-refractivity contribution >= 4 is 5.91 Å². The Balaban J connectivity index is 1.46. The summed E-state index contributed by atoms with van der Waals surface area (Å²) < 4.78 is 5.52. The predicted octanol–water partition coefficient (Wildman–Crippen LogP) is 1.01. The van der Waals surface area contributed by atoms with E-state index in [1.807, 2.05) is 11.1 Å². The van der Waals surface area contributed by atoms with Crippen molar-refractivity contribution in [2.45, 2.75) is 50.7 Å². The fourth-order valence-corrected chi connectivity index (χ4v) is 3.76. The van der Waals surface area contributed by atoms with Gasteiger partial charge in [0, 0.05) is 50.3 Å². The molecular weight excluding hydrogens is 292 g/mol. The maximum atomic E-state index is 12.5. The van der Waals surface area contributed by atoms with Crippen molar-refractivity contribution in [1.29, 1.82) is 0 Å². The van der Waals surface area contributed by atoms with Crippen LogP contribution in [0.25, 0.3) is 0 Å². The van der Waals surface area contributed by atoms with Gasteiger partial charge in [-0.05, 0) is 32.2 Å². The Labute approximate surface area is 136 Å². The molecule has 2 fully saturated rings. The Bertz CT molecular complexity index is 580. The van der Waals surface area contributed by atoms with E-state index in [9.17, 15) is 4.79 Å². The Morgan fingerprint density at radius 1 is 1.35 bits per heavy atom. The molecule has 1 amide bonds. The molecule has 0 radical (unpaired) electrons. The molecule has 1 aromatic rings. The smallest absolute Gasteiger partial charge is 0.252 e. The summed E-state index contributed by atoms with van der Waals surface area (Å²) in [4.78, 5) is 23.8. The number of carbonyl (C=O) groups is 1. The second kappa shape index (κ2) is 6.53. The van der Waals surface area contributed by atoms with Crippen LogP contribution < -0.4 is 5.32 Å². The van der Waals surface area contributed by atoms with Crippen molar-refractivity contribution in [3.8, 4) is 0 Å². The molecular formula is C17H24N4O2. The van der Waals surface area contributed by atoms with Crippen LogP contribution in [-0.4, -0.2) is 53.1 Å². The average molecular weight is 316 g/mol. The summed E-state index contributed by atoms with van der Waals surface area (Å²) in [5, 5.41) is 3.42. The van der Waals surface area contributed by atoms with Crippen molar-refractivity contribution in [3.05, 3.63) is 23.3 Å². The third-order valence-electron chi connectivity index (χ3n) is 5.13. The van der Waals surface area contributed by atoms with Crippen LogP contribution in [0.15, 0.2) is 6.20 Å². The van der Waals surface area contributed by atoms with Gasteiger partial charge in [-0.3, -0.25) is 4.79 Å². The Morgan fingerprint density at radius 3 is 3.09 bits per heavy atom. The Hall–Kier alpha value is -1.53. The van der Waals surface area contributed by atoms with Gasteiger partial charge in [0.05, 0.1) is 5.69 Å². The van der Waals surface area contributed by atoms with E-state index >= 15 is 0 Å². The van der Waals surface area contributed by atoms with Crippen LogP contribution in [-0.2, 0) is 22.5 Å². The molecule has 23 heavy (non-hydrogen) atoms. The van der Waals surface area contributed by atoms with Gasteiger partial charge in [-0.1, -0.05) is 0 Å². The second-order valence-corrected chi connectivity index (χ2v) is 6.75. The molecule has 2 unspecified atom stereocenters. The number of fused-ring (bicyclic) bond motifs is 1. The molecule has 4 rings (SSSR count). The highest BCUT2D eigenvalue weighted by atomic mass is 16.5. The first-order chi connectivity index (χ1) is 11.3. The minimum absolute atomic E-state index is 0.133. The number of ether oxygens (including phenoxy) is 1. The van der Waals surface area contributed by atoms with Gasteiger partial charge in [0.2, 0.25) is 0 Å². The lowest BCUT2D eigenvalue weighted by molar-refractivity contribution is -0.141. The number of aromatic nitrogens is 2. The van der Waals surface area contributed by atoms with Crippen molar-refractivity contribution < 1.29 is 9.53 Å². The zero-order valence-electron chi connectivity index (χ0n) is 13.5. The molecule has 2 saturated heterocycles. The number of rotatable bonds is 2. The molecule has 6 nitrogen and oxygen atoms in total. The maximum Gasteiger partial charge on any atom is 0.252 e. The lowest BCUT2D eigenvalue weighted by Gasteiger charge is -2.30. The van der Waals surface area contributed by atoms with Crippen molar-refractivity contribution in [3.63, 3.8) is 0 Å². The molecule has 0 saturated carbocycles. The van der Waals surface area contributed by atoms with E-state index in [2.05, 4.69) is 10.3 Å². The van der Waals surface area contributed by atoms with Crippen LogP contribution in [0.4, 0.5) is 0 Å². The van der Waals surface area contributed by atoms with Gasteiger partial charge in [-0.2, -0.15) is 0 Å². The first-order valence-electron chi connectivity index (χ1n) is 8.77. The van der Waals surface area contributed by atoms with Crippen LogP contribution in [0.1, 0.15) is 48.7 Å². The number of piperidine rings is 1. The number of nitrogens with one attached hydrogen (secondary N) is 1. The van der Waals surface area contributed by atoms with Crippen molar-refractivity contribution in [2.24, 2.45) is 0 Å². The zero-order chi connectivity index (χ0) is 15.6. The topological polar surface area (TPSA) is 67.3 Å². The number of nitrogens with zero attached hydrogens (tertiary/aromatic N) is 3. The summed E-state index contributed by atoms with van der Waals surface area (Å²) in [6.07, 6.45) is 6.72. The third kappa shape index (κ3) is 3.10. The normalized spacial score (nSPS) is 27.7. The fourth-order valence-electron chi connectivity index (χ4n) is 3.76. The van der Waals surface area contributed by atoms with Gasteiger partial charge in [0.1, 0.15) is 11.9 Å². The van der Waals surface area contributed by atoms with Crippen molar-refractivity contribution in [1.82, 2.24) is 20.2 Å². The minimum atomic E-state index is -0.231. The molecule has 0 bridgehead atoms. The van der Waals surface area contributed by atoms with E-state index in [1.54, 1.807) is 0 Å². The summed E-state index contributed by atoms with van der Waals surface area (Å²) in [6, 6.07) is 0. The van der Waals surface area contributed by atoms with Gasteiger partial charge in [-0.15, -0.1) is 0 Å². The van der Waals surface area contributed by atoms with Gasteiger partial charge in [-0.25, -0.2) is 9.97 Å². The standard InChI is InChI=1S/C17H24N4O2/c22-17(15-4-2-8-23-15)21-7-5-14-13(11-21)10-19-16(20-14)12-3-1-6-18-9-12/h10,12,15,18H,1-9,11H2. The maximum absolute atomic E-state index is 12.5. The Morgan fingerprint density at radius 2 is 2.30 bits per heavy atom. The first kappa shape index (κ1) is 15.0. The van der Waals surface area contributed by atoms with Gasteiger partial charge >= 0.3 is 0 Å². The highest BCUT2D eigenvalue weighted by Crippen LogP contribution is 2.24. The van der Waals surface area contributed by atoms with E-state index in [0.717, 1.165) is 62.4 Å². The van der Waals surface area contributed by atoms with E-state index in [4.69, 9.17) is 9.72 Å². The molecule has 6 heteroatoms. The number of hydrogen-bond donors (Lipinski definition) is 1. The molecule has 0 aliphatic carbocycles. The van der Waals surface area contributed by atoms with Crippen LogP contribution in [0.3, 0.4) is 0 Å². The Kier molecular flexibility index (Phi) is 4.27. The summed E-state index contributed by atoms with van der Waals surface area (Å²) in [6.45, 7) is 4.15. The summed E-state index contributed by atoms with van der Waals surface area (Å²) in [7, 11) is 0. The van der Waals surface area contributed by atoms with Crippen LogP contribution in [0.2, 0.25) is 0 Å². The fraction of sp³-hybridized carbons (Fsp3) is 0.706. The molecule has 0 spiro atoms. The van der Waals surface area contributed by atoms with E-state index in [0.29, 0.717) is 19.1 Å². The van der Waals surface area contributed by atoms with Crippen LogP contribution in [0.5, 0.6) is 0 Å². The van der Waals surface area contributed by atoms with Gasteiger partial charge in [0.15, 0.2) is 0 Å². The highest BCUT2D eigenvalue weighted by molar-refractivity contribution is 5.81. The van der Waals surface area contributed by atoms with E-state index in [1.165, 1.54) is 6.42 Å².